The maximum absolute atomic E-state index is 13.1. The lowest BCUT2D eigenvalue weighted by molar-refractivity contribution is -0.161. The molecule has 582 valence electrons. The monoisotopic (exact) mass is 1440 g/mol. The van der Waals surface area contributed by atoms with Gasteiger partial charge in [0.15, 0.2) is 12.2 Å². The van der Waals surface area contributed by atoms with Crippen molar-refractivity contribution in [2.45, 2.75) is 426 Å². The van der Waals surface area contributed by atoms with Gasteiger partial charge in [0.05, 0.1) is 26.4 Å². The van der Waals surface area contributed by atoms with Crippen molar-refractivity contribution in [3.05, 3.63) is 0 Å². The van der Waals surface area contributed by atoms with Gasteiger partial charge in [0, 0.05) is 25.7 Å². The Labute approximate surface area is 600 Å². The Hall–Kier alpha value is -1.94. The van der Waals surface area contributed by atoms with E-state index < -0.39 is 97.5 Å². The second-order valence-electron chi connectivity index (χ2n) is 29.6. The van der Waals surface area contributed by atoms with Crippen LogP contribution in [0.5, 0.6) is 0 Å². The third kappa shape index (κ3) is 71.1. The average Bonchev–Trinajstić information content (AvgIpc) is 1.08. The summed E-state index contributed by atoms with van der Waals surface area (Å²) in [5, 5.41) is 10.6. The number of hydrogen-bond donors (Lipinski definition) is 3. The molecule has 0 aromatic carbocycles. The molecule has 0 rings (SSSR count). The molecule has 3 N–H and O–H groups in total. The first-order valence-electron chi connectivity index (χ1n) is 40.9. The number of rotatable bonds is 77. The first-order valence-corrected chi connectivity index (χ1v) is 43.9. The molecule has 0 aliphatic heterocycles. The molecule has 3 unspecified atom stereocenters. The number of phosphoric ester groups is 2. The molecular weight excluding hydrogens is 1280 g/mol. The molecule has 0 aromatic rings. The molecule has 6 atom stereocenters. The highest BCUT2D eigenvalue weighted by atomic mass is 31.2. The third-order valence-corrected chi connectivity index (χ3v) is 20.6. The number of esters is 4. The number of aliphatic hydroxyl groups is 1. The van der Waals surface area contributed by atoms with Crippen LogP contribution in [0.1, 0.15) is 408 Å². The maximum Gasteiger partial charge on any atom is 0.472 e. The summed E-state index contributed by atoms with van der Waals surface area (Å²) >= 11 is 0. The van der Waals surface area contributed by atoms with Crippen LogP contribution in [0.3, 0.4) is 0 Å². The third-order valence-electron chi connectivity index (χ3n) is 18.7. The Morgan fingerprint density at radius 1 is 0.296 bits per heavy atom. The smallest absolute Gasteiger partial charge is 0.462 e. The summed E-state index contributed by atoms with van der Waals surface area (Å²) in [7, 11) is -9.91. The summed E-state index contributed by atoms with van der Waals surface area (Å²) in [4.78, 5) is 72.6. The minimum atomic E-state index is -4.96. The molecular formula is C79H154O17P2. The van der Waals surface area contributed by atoms with E-state index in [-0.39, 0.29) is 25.7 Å². The summed E-state index contributed by atoms with van der Waals surface area (Å²) in [5.41, 5.74) is 0. The Bertz CT molecular complexity index is 1910. The van der Waals surface area contributed by atoms with Crippen LogP contribution in [0.2, 0.25) is 0 Å². The van der Waals surface area contributed by atoms with E-state index in [1.165, 1.54) is 212 Å². The second kappa shape index (κ2) is 69.4. The van der Waals surface area contributed by atoms with Crippen LogP contribution in [0, 0.1) is 17.8 Å². The fourth-order valence-corrected chi connectivity index (χ4v) is 13.7. The minimum Gasteiger partial charge on any atom is -0.462 e. The van der Waals surface area contributed by atoms with Gasteiger partial charge in [-0.2, -0.15) is 0 Å². The highest BCUT2D eigenvalue weighted by molar-refractivity contribution is 7.47. The molecule has 98 heavy (non-hydrogen) atoms. The van der Waals surface area contributed by atoms with Crippen LogP contribution in [0.15, 0.2) is 0 Å². The van der Waals surface area contributed by atoms with Gasteiger partial charge in [0.25, 0.3) is 0 Å². The fourth-order valence-electron chi connectivity index (χ4n) is 12.1. The van der Waals surface area contributed by atoms with Gasteiger partial charge >= 0.3 is 39.5 Å². The highest BCUT2D eigenvalue weighted by Gasteiger charge is 2.30. The first-order chi connectivity index (χ1) is 47.3. The van der Waals surface area contributed by atoms with E-state index in [0.717, 1.165) is 114 Å². The van der Waals surface area contributed by atoms with Gasteiger partial charge in [0.2, 0.25) is 0 Å². The molecule has 0 saturated carbocycles. The quantitative estimate of drug-likeness (QED) is 0.0222. The van der Waals surface area contributed by atoms with E-state index in [4.69, 9.17) is 37.0 Å². The number of ether oxygens (including phenoxy) is 4. The standard InChI is InChI=1S/C79H154O17P2/c1-8-10-11-43-53-60-76(81)89-66-74(95-78(83)63-56-49-42-36-30-29-32-38-45-51-58-71(5)6)68-93-97(85,86)91-64-73(80)65-92-98(87,88)94-69-75(67-90-77(82)61-54-47-40-34-27-23-20-16-17-21-25-31-37-44-50-57-70(3)4)96-79(84)62-55-48-41-35-28-24-19-15-13-12-14-18-22-26-33-39-46-52-59-72(7)9-2/h70-75,80H,8-69H2,1-7H3,(H,85,86)(H,87,88)/t72?,73-,74+,75+/m0/s1. The van der Waals surface area contributed by atoms with Crippen molar-refractivity contribution in [3.8, 4) is 0 Å². The highest BCUT2D eigenvalue weighted by Crippen LogP contribution is 2.45. The maximum atomic E-state index is 13.1. The van der Waals surface area contributed by atoms with Crippen molar-refractivity contribution in [1.82, 2.24) is 0 Å². The Morgan fingerprint density at radius 3 is 0.776 bits per heavy atom. The van der Waals surface area contributed by atoms with Gasteiger partial charge < -0.3 is 33.8 Å². The average molecular weight is 1440 g/mol. The molecule has 0 fully saturated rings. The zero-order chi connectivity index (χ0) is 72.3. The number of hydrogen-bond acceptors (Lipinski definition) is 15. The molecule has 17 nitrogen and oxygen atoms in total. The predicted molar refractivity (Wildman–Crippen MR) is 400 cm³/mol. The van der Waals surface area contributed by atoms with Crippen molar-refractivity contribution >= 4 is 39.5 Å². The lowest BCUT2D eigenvalue weighted by Crippen LogP contribution is -2.30. The van der Waals surface area contributed by atoms with E-state index >= 15 is 0 Å². The number of unbranched alkanes of at least 4 members (excludes halogenated alkanes) is 44. The van der Waals surface area contributed by atoms with Crippen LogP contribution >= 0.6 is 15.6 Å². The molecule has 0 spiro atoms. The molecule has 0 bridgehead atoms. The molecule has 19 heteroatoms. The number of aliphatic hydroxyl groups excluding tert-OH is 1. The second-order valence-corrected chi connectivity index (χ2v) is 32.6. The lowest BCUT2D eigenvalue weighted by atomic mass is 9.99. The van der Waals surface area contributed by atoms with Gasteiger partial charge in [-0.1, -0.05) is 357 Å². The molecule has 0 aromatic heterocycles. The van der Waals surface area contributed by atoms with E-state index in [1.54, 1.807) is 0 Å². The molecule has 0 amide bonds. The van der Waals surface area contributed by atoms with Crippen LogP contribution in [0.4, 0.5) is 0 Å². The van der Waals surface area contributed by atoms with Gasteiger partial charge in [-0.05, 0) is 43.4 Å². The Balaban J connectivity index is 5.12. The summed E-state index contributed by atoms with van der Waals surface area (Å²) < 4.78 is 68.4. The van der Waals surface area contributed by atoms with Crippen LogP contribution in [-0.4, -0.2) is 96.7 Å². The number of phosphoric acid groups is 2. The van der Waals surface area contributed by atoms with Gasteiger partial charge in [-0.15, -0.1) is 0 Å². The van der Waals surface area contributed by atoms with Crippen molar-refractivity contribution in [2.75, 3.05) is 39.6 Å². The topological polar surface area (TPSA) is 237 Å². The summed E-state index contributed by atoms with van der Waals surface area (Å²) in [6.45, 7) is 11.9. The van der Waals surface area contributed by atoms with E-state index in [1.807, 2.05) is 0 Å². The van der Waals surface area contributed by atoms with E-state index in [2.05, 4.69) is 48.5 Å². The molecule has 0 heterocycles. The van der Waals surface area contributed by atoms with Crippen LogP contribution < -0.4 is 0 Å². The molecule has 0 aliphatic carbocycles. The fraction of sp³-hybridized carbons (Fsp3) is 0.949. The van der Waals surface area contributed by atoms with Crippen LogP contribution in [0.25, 0.3) is 0 Å². The summed E-state index contributed by atoms with van der Waals surface area (Å²) in [5.74, 6) is 0.304. The number of carbonyl (C=O) groups excluding carboxylic acids is 4. The summed E-state index contributed by atoms with van der Waals surface area (Å²) in [6, 6.07) is 0. The first kappa shape index (κ1) is 96.1. The van der Waals surface area contributed by atoms with Crippen molar-refractivity contribution in [2.24, 2.45) is 17.8 Å². The van der Waals surface area contributed by atoms with E-state index in [0.29, 0.717) is 25.7 Å². The molecule has 0 saturated heterocycles. The number of carbonyl (C=O) groups is 4. The lowest BCUT2D eigenvalue weighted by Gasteiger charge is -2.21. The Morgan fingerprint density at radius 2 is 0.520 bits per heavy atom. The van der Waals surface area contributed by atoms with Crippen LogP contribution in [-0.2, 0) is 65.4 Å². The van der Waals surface area contributed by atoms with Gasteiger partial charge in [-0.25, -0.2) is 9.13 Å². The Kier molecular flexibility index (Phi) is 68.1. The normalized spacial score (nSPS) is 14.3. The molecule has 0 radical (unpaired) electrons. The zero-order valence-corrected chi connectivity index (χ0v) is 66.0. The van der Waals surface area contributed by atoms with Gasteiger partial charge in [-0.3, -0.25) is 37.3 Å². The predicted octanol–water partition coefficient (Wildman–Crippen LogP) is 23.4. The van der Waals surface area contributed by atoms with Crippen molar-refractivity contribution in [3.63, 3.8) is 0 Å². The van der Waals surface area contributed by atoms with Crippen molar-refractivity contribution < 1.29 is 80.2 Å². The zero-order valence-electron chi connectivity index (χ0n) is 64.3. The SMILES string of the molecule is CCCCCCCC(=O)OC[C@H](COP(=O)(O)OC[C@H](O)COP(=O)(O)OC[C@@H](COC(=O)CCCCCCCCCCCCCCCCCC(C)C)OC(=O)CCCCCCCCCCCCCCCCCCCCC(C)CC)OC(=O)CCCCCCCCCCCCC(C)C. The largest absolute Gasteiger partial charge is 0.472 e. The molecule has 0 aliphatic rings. The van der Waals surface area contributed by atoms with Crippen molar-refractivity contribution in [1.29, 1.82) is 0 Å². The van der Waals surface area contributed by atoms with Gasteiger partial charge in [0.1, 0.15) is 19.3 Å². The van der Waals surface area contributed by atoms with E-state index in [9.17, 15) is 43.2 Å². The summed E-state index contributed by atoms with van der Waals surface area (Å²) in [6.07, 6.45) is 57.4. The minimum absolute atomic E-state index is 0.105.